The van der Waals surface area contributed by atoms with E-state index in [9.17, 15) is 4.79 Å². The molecular weight excluding hydrogens is 246 g/mol. The van der Waals surface area contributed by atoms with E-state index in [1.165, 1.54) is 7.11 Å². The Kier molecular flexibility index (Phi) is 3.16. The fourth-order valence-electron chi connectivity index (χ4n) is 2.32. The molecule has 0 radical (unpaired) electrons. The lowest BCUT2D eigenvalue weighted by molar-refractivity contribution is 0.0593. The van der Waals surface area contributed by atoms with Crippen LogP contribution in [0.15, 0.2) is 18.6 Å². The number of aromatic nitrogens is 3. The van der Waals surface area contributed by atoms with Crippen molar-refractivity contribution in [2.24, 2.45) is 0 Å². The molecule has 0 unspecified atom stereocenters. The van der Waals surface area contributed by atoms with E-state index in [4.69, 9.17) is 4.74 Å². The monoisotopic (exact) mass is 261 g/mol. The number of nitrogens with zero attached hydrogens (tertiary/aromatic N) is 3. The smallest absolute Gasteiger partial charge is 0.358 e. The Bertz CT molecular complexity index is 602. The van der Waals surface area contributed by atoms with Gasteiger partial charge in [-0.05, 0) is 12.8 Å². The Morgan fingerprint density at radius 2 is 2.21 bits per heavy atom. The minimum absolute atomic E-state index is 0.283. The highest BCUT2D eigenvalue weighted by Gasteiger charge is 2.19. The third-order valence-electron chi connectivity index (χ3n) is 3.39. The summed E-state index contributed by atoms with van der Waals surface area (Å²) in [7, 11) is 1.34. The van der Waals surface area contributed by atoms with Crippen LogP contribution in [0.25, 0.3) is 5.65 Å². The molecule has 0 bridgehead atoms. The fourth-order valence-corrected chi connectivity index (χ4v) is 2.32. The molecule has 1 fully saturated rings. The molecule has 19 heavy (non-hydrogen) atoms. The average molecular weight is 261 g/mol. The van der Waals surface area contributed by atoms with E-state index in [1.807, 2.05) is 10.6 Å². The largest absolute Gasteiger partial charge is 0.464 e. The number of imidazole rings is 1. The number of esters is 1. The van der Waals surface area contributed by atoms with E-state index >= 15 is 0 Å². The van der Waals surface area contributed by atoms with Gasteiger partial charge in [-0.15, -0.1) is 0 Å². The molecule has 6 heteroatoms. The average Bonchev–Trinajstić information content (AvgIpc) is 2.90. The van der Waals surface area contributed by atoms with Gasteiger partial charge in [0.05, 0.1) is 19.0 Å². The fraction of sp³-hybridized carbons (Fsp3) is 0.462. The van der Waals surface area contributed by atoms with Crippen molar-refractivity contribution in [3.63, 3.8) is 0 Å². The van der Waals surface area contributed by atoms with Gasteiger partial charge < -0.3 is 13.9 Å². The van der Waals surface area contributed by atoms with Crippen LogP contribution in [0, 0.1) is 0 Å². The summed E-state index contributed by atoms with van der Waals surface area (Å²) in [6, 6.07) is 0. The molecule has 1 saturated heterocycles. The van der Waals surface area contributed by atoms with Crippen LogP contribution in [0.5, 0.6) is 0 Å². The standard InChI is InChI=1S/C13H15N3O3/c1-18-13(17)11-8-16-7-10(15-12(16)6-14-11)9-2-4-19-5-3-9/h6-9H,2-5H2,1H3. The lowest BCUT2D eigenvalue weighted by atomic mass is 9.97. The Balaban J connectivity index is 1.93. The van der Waals surface area contributed by atoms with Gasteiger partial charge in [0.25, 0.3) is 0 Å². The molecule has 1 aliphatic heterocycles. The first-order valence-electron chi connectivity index (χ1n) is 6.28. The maximum Gasteiger partial charge on any atom is 0.358 e. The summed E-state index contributed by atoms with van der Waals surface area (Å²) in [5, 5.41) is 0. The van der Waals surface area contributed by atoms with Gasteiger partial charge in [-0.3, -0.25) is 0 Å². The predicted octanol–water partition coefficient (Wildman–Crippen LogP) is 1.41. The Hall–Kier alpha value is -1.95. The van der Waals surface area contributed by atoms with Crippen LogP contribution in [-0.2, 0) is 9.47 Å². The van der Waals surface area contributed by atoms with Crippen molar-refractivity contribution in [1.82, 2.24) is 14.4 Å². The summed E-state index contributed by atoms with van der Waals surface area (Å²) in [4.78, 5) is 20.0. The van der Waals surface area contributed by atoms with Gasteiger partial charge in [0.2, 0.25) is 0 Å². The summed E-state index contributed by atoms with van der Waals surface area (Å²) in [6.07, 6.45) is 7.17. The minimum Gasteiger partial charge on any atom is -0.464 e. The molecule has 3 heterocycles. The first-order valence-corrected chi connectivity index (χ1v) is 6.28. The number of fused-ring (bicyclic) bond motifs is 1. The van der Waals surface area contributed by atoms with E-state index in [0.29, 0.717) is 5.92 Å². The van der Waals surface area contributed by atoms with E-state index in [2.05, 4.69) is 14.7 Å². The highest BCUT2D eigenvalue weighted by atomic mass is 16.5. The van der Waals surface area contributed by atoms with Crippen molar-refractivity contribution in [2.45, 2.75) is 18.8 Å². The van der Waals surface area contributed by atoms with Crippen molar-refractivity contribution >= 4 is 11.6 Å². The van der Waals surface area contributed by atoms with E-state index in [0.717, 1.165) is 37.4 Å². The lowest BCUT2D eigenvalue weighted by Gasteiger charge is -2.19. The van der Waals surface area contributed by atoms with Crippen LogP contribution >= 0.6 is 0 Å². The number of carbonyl (C=O) groups excluding carboxylic acids is 1. The molecule has 0 saturated carbocycles. The summed E-state index contributed by atoms with van der Waals surface area (Å²) < 4.78 is 11.8. The number of carbonyl (C=O) groups is 1. The highest BCUT2D eigenvalue weighted by molar-refractivity contribution is 5.86. The molecule has 0 aliphatic carbocycles. The van der Waals surface area contributed by atoms with Gasteiger partial charge >= 0.3 is 5.97 Å². The van der Waals surface area contributed by atoms with Crippen LogP contribution in [0.2, 0.25) is 0 Å². The van der Waals surface area contributed by atoms with Crippen molar-refractivity contribution < 1.29 is 14.3 Å². The minimum atomic E-state index is -0.441. The predicted molar refractivity (Wildman–Crippen MR) is 67.1 cm³/mol. The molecule has 2 aromatic heterocycles. The normalized spacial score (nSPS) is 16.7. The molecule has 0 spiro atoms. The van der Waals surface area contributed by atoms with Crippen molar-refractivity contribution in [2.75, 3.05) is 20.3 Å². The van der Waals surface area contributed by atoms with E-state index < -0.39 is 5.97 Å². The SMILES string of the molecule is COC(=O)c1cn2cc(C3CCOCC3)nc2cn1. The number of rotatable bonds is 2. The Morgan fingerprint density at radius 1 is 1.42 bits per heavy atom. The number of ether oxygens (including phenoxy) is 2. The molecule has 3 rings (SSSR count). The second-order valence-electron chi connectivity index (χ2n) is 4.58. The second-order valence-corrected chi connectivity index (χ2v) is 4.58. The molecule has 100 valence electrons. The van der Waals surface area contributed by atoms with Crippen molar-refractivity contribution in [3.8, 4) is 0 Å². The van der Waals surface area contributed by atoms with Crippen LogP contribution < -0.4 is 0 Å². The molecule has 0 N–H and O–H groups in total. The van der Waals surface area contributed by atoms with Crippen LogP contribution in [0.3, 0.4) is 0 Å². The van der Waals surface area contributed by atoms with Gasteiger partial charge in [0, 0.05) is 31.5 Å². The second kappa shape index (κ2) is 4.97. The van der Waals surface area contributed by atoms with Crippen molar-refractivity contribution in [3.05, 3.63) is 30.0 Å². The molecule has 0 amide bonds. The van der Waals surface area contributed by atoms with Crippen molar-refractivity contribution in [1.29, 1.82) is 0 Å². The summed E-state index contributed by atoms with van der Waals surface area (Å²) in [5.41, 5.74) is 2.06. The van der Waals surface area contributed by atoms with Crippen LogP contribution in [-0.4, -0.2) is 40.7 Å². The third-order valence-corrected chi connectivity index (χ3v) is 3.39. The zero-order valence-electron chi connectivity index (χ0n) is 10.7. The summed E-state index contributed by atoms with van der Waals surface area (Å²) >= 11 is 0. The van der Waals surface area contributed by atoms with Crippen LogP contribution in [0.1, 0.15) is 34.9 Å². The van der Waals surface area contributed by atoms with Gasteiger partial charge in [0.1, 0.15) is 0 Å². The first kappa shape index (κ1) is 12.1. The number of hydrogen-bond donors (Lipinski definition) is 0. The zero-order chi connectivity index (χ0) is 13.2. The first-order chi connectivity index (χ1) is 9.28. The van der Waals surface area contributed by atoms with Gasteiger partial charge in [0.15, 0.2) is 11.3 Å². The van der Waals surface area contributed by atoms with Gasteiger partial charge in [-0.1, -0.05) is 0 Å². The van der Waals surface area contributed by atoms with Gasteiger partial charge in [-0.25, -0.2) is 14.8 Å². The summed E-state index contributed by atoms with van der Waals surface area (Å²) in [5.74, 6) is -0.0153. The topological polar surface area (TPSA) is 65.7 Å². The van der Waals surface area contributed by atoms with Crippen LogP contribution in [0.4, 0.5) is 0 Å². The highest BCUT2D eigenvalue weighted by Crippen LogP contribution is 2.26. The quantitative estimate of drug-likeness (QED) is 0.765. The molecule has 0 atom stereocenters. The van der Waals surface area contributed by atoms with E-state index in [-0.39, 0.29) is 5.69 Å². The Morgan fingerprint density at radius 3 is 2.95 bits per heavy atom. The summed E-state index contributed by atoms with van der Waals surface area (Å²) in [6.45, 7) is 1.56. The number of hydrogen-bond acceptors (Lipinski definition) is 5. The Labute approximate surface area is 110 Å². The molecular formula is C13H15N3O3. The molecule has 6 nitrogen and oxygen atoms in total. The van der Waals surface area contributed by atoms with Gasteiger partial charge in [-0.2, -0.15) is 0 Å². The lowest BCUT2D eigenvalue weighted by Crippen LogP contribution is -2.14. The molecule has 0 aromatic carbocycles. The maximum atomic E-state index is 11.4. The third kappa shape index (κ3) is 2.31. The maximum absolute atomic E-state index is 11.4. The molecule has 2 aromatic rings. The molecule has 1 aliphatic rings. The van der Waals surface area contributed by atoms with E-state index in [1.54, 1.807) is 12.4 Å². The zero-order valence-corrected chi connectivity index (χ0v) is 10.7. The number of methoxy groups -OCH3 is 1.